The first-order valence-corrected chi connectivity index (χ1v) is 6.72. The summed E-state index contributed by atoms with van der Waals surface area (Å²) in [6.07, 6.45) is 0.175. The molecule has 0 aliphatic rings. The monoisotopic (exact) mass is 309 g/mol. The third-order valence-corrected chi connectivity index (χ3v) is 3.33. The number of para-hydroxylation sites is 2. The Morgan fingerprint density at radius 3 is 2.65 bits per heavy atom. The number of nitrogens with one attached hydrogen (secondary N) is 1. The number of hydrogen-bond donors (Lipinski definition) is 1. The van der Waals surface area contributed by atoms with Gasteiger partial charge in [-0.1, -0.05) is 41.4 Å². The molecule has 0 heterocycles. The number of methoxy groups -OCH3 is 1. The van der Waals surface area contributed by atoms with Crippen LogP contribution in [0.5, 0.6) is 5.75 Å². The summed E-state index contributed by atoms with van der Waals surface area (Å²) in [5, 5.41) is 3.82. The molecule has 0 unspecified atom stereocenters. The number of carbonyl (C=O) groups excluding carboxylic acids is 1. The molecule has 0 saturated carbocycles. The maximum absolute atomic E-state index is 12.0. The molecule has 0 saturated heterocycles. The van der Waals surface area contributed by atoms with E-state index in [-0.39, 0.29) is 12.3 Å². The number of ether oxygens (including phenoxy) is 1. The van der Waals surface area contributed by atoms with Crippen LogP contribution in [0.15, 0.2) is 42.5 Å². The van der Waals surface area contributed by atoms with Crippen molar-refractivity contribution < 1.29 is 9.53 Å². The fourth-order valence-corrected chi connectivity index (χ4v) is 2.26. The van der Waals surface area contributed by atoms with Crippen molar-refractivity contribution in [3.63, 3.8) is 0 Å². The Morgan fingerprint density at radius 1 is 1.20 bits per heavy atom. The number of carbonyl (C=O) groups is 1. The van der Waals surface area contributed by atoms with Crippen LogP contribution in [0, 0.1) is 0 Å². The van der Waals surface area contributed by atoms with Crippen LogP contribution in [-0.4, -0.2) is 13.0 Å². The Labute approximate surface area is 127 Å². The van der Waals surface area contributed by atoms with Crippen LogP contribution in [0.1, 0.15) is 5.56 Å². The lowest BCUT2D eigenvalue weighted by atomic mass is 10.1. The standard InChI is InChI=1S/C15H13Cl2NO2/c1-20-14-5-3-2-4-13(14)18-15(19)8-10-6-7-11(16)9-12(10)17/h2-7,9H,8H2,1H3,(H,18,19). The van der Waals surface area contributed by atoms with Gasteiger partial charge >= 0.3 is 0 Å². The molecule has 1 amide bonds. The first kappa shape index (κ1) is 14.7. The second kappa shape index (κ2) is 6.64. The molecular formula is C15H13Cl2NO2. The van der Waals surface area contributed by atoms with Gasteiger partial charge in [-0.25, -0.2) is 0 Å². The summed E-state index contributed by atoms with van der Waals surface area (Å²) >= 11 is 11.9. The molecule has 2 rings (SSSR count). The van der Waals surface area contributed by atoms with Crippen molar-refractivity contribution in [2.24, 2.45) is 0 Å². The van der Waals surface area contributed by atoms with E-state index in [0.29, 0.717) is 21.5 Å². The van der Waals surface area contributed by atoms with Crippen LogP contribution < -0.4 is 10.1 Å². The molecule has 0 aliphatic heterocycles. The van der Waals surface area contributed by atoms with Crippen molar-refractivity contribution in [3.8, 4) is 5.75 Å². The van der Waals surface area contributed by atoms with Crippen molar-refractivity contribution >= 4 is 34.8 Å². The number of benzene rings is 2. The van der Waals surface area contributed by atoms with E-state index in [0.717, 1.165) is 5.56 Å². The molecule has 0 bridgehead atoms. The van der Waals surface area contributed by atoms with E-state index in [1.54, 1.807) is 37.4 Å². The highest BCUT2D eigenvalue weighted by Crippen LogP contribution is 2.24. The van der Waals surface area contributed by atoms with Gasteiger partial charge < -0.3 is 10.1 Å². The molecule has 3 nitrogen and oxygen atoms in total. The van der Waals surface area contributed by atoms with Gasteiger partial charge in [0.15, 0.2) is 0 Å². The molecule has 0 aliphatic carbocycles. The fourth-order valence-electron chi connectivity index (χ4n) is 1.78. The van der Waals surface area contributed by atoms with Crippen LogP contribution in [0.25, 0.3) is 0 Å². The van der Waals surface area contributed by atoms with Gasteiger partial charge in [0.25, 0.3) is 0 Å². The van der Waals surface area contributed by atoms with Crippen LogP contribution in [0.2, 0.25) is 10.0 Å². The van der Waals surface area contributed by atoms with Crippen LogP contribution in [-0.2, 0) is 11.2 Å². The minimum absolute atomic E-state index is 0.168. The topological polar surface area (TPSA) is 38.3 Å². The summed E-state index contributed by atoms with van der Waals surface area (Å²) in [4.78, 5) is 12.0. The van der Waals surface area contributed by atoms with Gasteiger partial charge in [0.2, 0.25) is 5.91 Å². The quantitative estimate of drug-likeness (QED) is 0.920. The zero-order valence-corrected chi connectivity index (χ0v) is 12.3. The van der Waals surface area contributed by atoms with Crippen molar-refractivity contribution in [1.82, 2.24) is 0 Å². The predicted molar refractivity (Wildman–Crippen MR) is 81.8 cm³/mol. The average Bonchev–Trinajstić information content (AvgIpc) is 2.42. The highest BCUT2D eigenvalue weighted by molar-refractivity contribution is 6.35. The van der Waals surface area contributed by atoms with Gasteiger partial charge in [0.1, 0.15) is 5.75 Å². The molecule has 5 heteroatoms. The first-order chi connectivity index (χ1) is 9.60. The molecule has 2 aromatic carbocycles. The van der Waals surface area contributed by atoms with Crippen molar-refractivity contribution in [2.75, 3.05) is 12.4 Å². The van der Waals surface area contributed by atoms with E-state index in [1.807, 2.05) is 12.1 Å². The molecule has 0 spiro atoms. The van der Waals surface area contributed by atoms with E-state index in [9.17, 15) is 4.79 Å². The third kappa shape index (κ3) is 3.65. The Kier molecular flexibility index (Phi) is 4.88. The van der Waals surface area contributed by atoms with E-state index in [1.165, 1.54) is 0 Å². The normalized spacial score (nSPS) is 10.2. The highest BCUT2D eigenvalue weighted by Gasteiger charge is 2.10. The second-order valence-electron chi connectivity index (χ2n) is 4.16. The van der Waals surface area contributed by atoms with Gasteiger partial charge in [-0.05, 0) is 29.8 Å². The number of rotatable bonds is 4. The molecular weight excluding hydrogens is 297 g/mol. The van der Waals surface area contributed by atoms with Crippen LogP contribution in [0.4, 0.5) is 5.69 Å². The van der Waals surface area contributed by atoms with Gasteiger partial charge in [-0.2, -0.15) is 0 Å². The molecule has 0 aromatic heterocycles. The Morgan fingerprint density at radius 2 is 1.95 bits per heavy atom. The summed E-state index contributed by atoms with van der Waals surface area (Å²) in [6, 6.07) is 12.3. The summed E-state index contributed by atoms with van der Waals surface area (Å²) in [7, 11) is 1.56. The lowest BCUT2D eigenvalue weighted by Gasteiger charge is -2.10. The summed E-state index contributed by atoms with van der Waals surface area (Å²) in [6.45, 7) is 0. The Bertz CT molecular complexity index is 629. The van der Waals surface area contributed by atoms with Gasteiger partial charge in [-0.15, -0.1) is 0 Å². The van der Waals surface area contributed by atoms with Crippen LogP contribution >= 0.6 is 23.2 Å². The van der Waals surface area contributed by atoms with Crippen LogP contribution in [0.3, 0.4) is 0 Å². The minimum atomic E-state index is -0.168. The zero-order chi connectivity index (χ0) is 14.5. The number of anilines is 1. The summed E-state index contributed by atoms with van der Waals surface area (Å²) in [5.74, 6) is 0.446. The zero-order valence-electron chi connectivity index (χ0n) is 10.8. The predicted octanol–water partition coefficient (Wildman–Crippen LogP) is 4.18. The fraction of sp³-hybridized carbons (Fsp3) is 0.133. The van der Waals surface area contributed by atoms with Crippen molar-refractivity contribution in [3.05, 3.63) is 58.1 Å². The summed E-state index contributed by atoms with van der Waals surface area (Å²) < 4.78 is 5.18. The van der Waals surface area contributed by atoms with E-state index in [2.05, 4.69) is 5.32 Å². The average molecular weight is 310 g/mol. The number of amides is 1. The van der Waals surface area contributed by atoms with Gasteiger partial charge in [0, 0.05) is 10.0 Å². The number of halogens is 2. The van der Waals surface area contributed by atoms with Crippen molar-refractivity contribution in [2.45, 2.75) is 6.42 Å². The van der Waals surface area contributed by atoms with Crippen molar-refractivity contribution in [1.29, 1.82) is 0 Å². The molecule has 0 radical (unpaired) electrons. The summed E-state index contributed by atoms with van der Waals surface area (Å²) in [5.41, 5.74) is 1.36. The molecule has 2 aromatic rings. The smallest absolute Gasteiger partial charge is 0.228 e. The molecule has 104 valence electrons. The van der Waals surface area contributed by atoms with Gasteiger partial charge in [0.05, 0.1) is 19.2 Å². The first-order valence-electron chi connectivity index (χ1n) is 5.97. The number of hydrogen-bond acceptors (Lipinski definition) is 2. The maximum atomic E-state index is 12.0. The lowest BCUT2D eigenvalue weighted by molar-refractivity contribution is -0.115. The molecule has 20 heavy (non-hydrogen) atoms. The molecule has 1 N–H and O–H groups in total. The largest absolute Gasteiger partial charge is 0.495 e. The van der Waals surface area contributed by atoms with E-state index < -0.39 is 0 Å². The second-order valence-corrected chi connectivity index (χ2v) is 5.00. The Hall–Kier alpha value is -1.71. The SMILES string of the molecule is COc1ccccc1NC(=O)Cc1ccc(Cl)cc1Cl. The lowest BCUT2D eigenvalue weighted by Crippen LogP contribution is -2.15. The van der Waals surface area contributed by atoms with E-state index in [4.69, 9.17) is 27.9 Å². The van der Waals surface area contributed by atoms with E-state index >= 15 is 0 Å². The molecule has 0 fully saturated rings. The molecule has 0 atom stereocenters. The third-order valence-electron chi connectivity index (χ3n) is 2.75. The van der Waals surface area contributed by atoms with Gasteiger partial charge in [-0.3, -0.25) is 4.79 Å². The minimum Gasteiger partial charge on any atom is -0.495 e. The Balaban J connectivity index is 2.09. The highest BCUT2D eigenvalue weighted by atomic mass is 35.5. The maximum Gasteiger partial charge on any atom is 0.228 e.